The van der Waals surface area contributed by atoms with Crippen molar-refractivity contribution in [2.75, 3.05) is 19.7 Å². The SMILES string of the molecule is CCOC(=O)[C@@H]1CCCN(C2CCCCC2)C1. The lowest BCUT2D eigenvalue weighted by Crippen LogP contribution is -2.45. The first-order valence-electron chi connectivity index (χ1n) is 7.22. The Morgan fingerprint density at radius 3 is 2.65 bits per heavy atom. The van der Waals surface area contributed by atoms with Crippen LogP contribution in [0, 0.1) is 5.92 Å². The molecule has 1 aliphatic carbocycles. The number of carbonyl (C=O) groups is 1. The lowest BCUT2D eigenvalue weighted by Gasteiger charge is -2.39. The number of nitrogens with zero attached hydrogens (tertiary/aromatic N) is 1. The molecule has 2 fully saturated rings. The topological polar surface area (TPSA) is 29.5 Å². The van der Waals surface area contributed by atoms with Gasteiger partial charge in [0.15, 0.2) is 0 Å². The highest BCUT2D eigenvalue weighted by Crippen LogP contribution is 2.27. The summed E-state index contributed by atoms with van der Waals surface area (Å²) in [6.45, 7) is 4.52. The Kier molecular flexibility index (Phi) is 4.84. The second-order valence-corrected chi connectivity index (χ2v) is 5.38. The van der Waals surface area contributed by atoms with Crippen LogP contribution in [0.1, 0.15) is 51.9 Å². The van der Waals surface area contributed by atoms with Gasteiger partial charge in [0.2, 0.25) is 0 Å². The van der Waals surface area contributed by atoms with Gasteiger partial charge in [0, 0.05) is 12.6 Å². The molecule has 1 atom stereocenters. The largest absolute Gasteiger partial charge is 0.466 e. The highest BCUT2D eigenvalue weighted by atomic mass is 16.5. The second kappa shape index (κ2) is 6.39. The van der Waals surface area contributed by atoms with Gasteiger partial charge in [0.05, 0.1) is 12.5 Å². The van der Waals surface area contributed by atoms with Crippen LogP contribution in [-0.4, -0.2) is 36.6 Å². The molecular formula is C14H25NO2. The number of ether oxygens (including phenoxy) is 1. The predicted octanol–water partition coefficient (Wildman–Crippen LogP) is 2.59. The molecule has 0 radical (unpaired) electrons. The number of hydrogen-bond acceptors (Lipinski definition) is 3. The Balaban J connectivity index is 1.85. The molecule has 0 N–H and O–H groups in total. The maximum atomic E-state index is 11.8. The Labute approximate surface area is 105 Å². The van der Waals surface area contributed by atoms with E-state index < -0.39 is 0 Å². The van der Waals surface area contributed by atoms with E-state index in [1.54, 1.807) is 0 Å². The molecule has 1 heterocycles. The lowest BCUT2D eigenvalue weighted by atomic mass is 9.90. The van der Waals surface area contributed by atoms with Crippen molar-refractivity contribution in [3.8, 4) is 0 Å². The van der Waals surface area contributed by atoms with Gasteiger partial charge in [-0.3, -0.25) is 9.69 Å². The third-order valence-corrected chi connectivity index (χ3v) is 4.16. The van der Waals surface area contributed by atoms with Crippen molar-refractivity contribution in [2.45, 2.75) is 57.9 Å². The zero-order valence-electron chi connectivity index (χ0n) is 11.0. The van der Waals surface area contributed by atoms with Gasteiger partial charge >= 0.3 is 5.97 Å². The Morgan fingerprint density at radius 1 is 1.18 bits per heavy atom. The van der Waals surface area contributed by atoms with Crippen LogP contribution >= 0.6 is 0 Å². The van der Waals surface area contributed by atoms with E-state index in [0.717, 1.165) is 25.4 Å². The van der Waals surface area contributed by atoms with E-state index in [1.165, 1.54) is 38.6 Å². The van der Waals surface area contributed by atoms with Crippen LogP contribution in [0.5, 0.6) is 0 Å². The maximum absolute atomic E-state index is 11.8. The summed E-state index contributed by atoms with van der Waals surface area (Å²) in [4.78, 5) is 14.3. The molecule has 1 saturated carbocycles. The van der Waals surface area contributed by atoms with Gasteiger partial charge in [-0.25, -0.2) is 0 Å². The first kappa shape index (κ1) is 12.9. The van der Waals surface area contributed by atoms with Gasteiger partial charge < -0.3 is 4.74 Å². The number of piperidine rings is 1. The molecule has 0 aromatic rings. The van der Waals surface area contributed by atoms with Crippen molar-refractivity contribution in [1.82, 2.24) is 4.90 Å². The smallest absolute Gasteiger partial charge is 0.310 e. The summed E-state index contributed by atoms with van der Waals surface area (Å²) in [5.74, 6) is 0.152. The summed E-state index contributed by atoms with van der Waals surface area (Å²) in [6, 6.07) is 0.737. The summed E-state index contributed by atoms with van der Waals surface area (Å²) in [6.07, 6.45) is 8.95. The summed E-state index contributed by atoms with van der Waals surface area (Å²) in [5, 5.41) is 0. The van der Waals surface area contributed by atoms with Crippen LogP contribution in [-0.2, 0) is 9.53 Å². The summed E-state index contributed by atoms with van der Waals surface area (Å²) < 4.78 is 5.15. The van der Waals surface area contributed by atoms with E-state index in [9.17, 15) is 4.79 Å². The number of carbonyl (C=O) groups excluding carboxylic acids is 1. The van der Waals surface area contributed by atoms with Gasteiger partial charge in [0.25, 0.3) is 0 Å². The average Bonchev–Trinajstić information content (AvgIpc) is 2.40. The fourth-order valence-electron chi connectivity index (χ4n) is 3.24. The predicted molar refractivity (Wildman–Crippen MR) is 67.8 cm³/mol. The van der Waals surface area contributed by atoms with Crippen molar-refractivity contribution in [2.24, 2.45) is 5.92 Å². The molecule has 0 amide bonds. The second-order valence-electron chi connectivity index (χ2n) is 5.38. The number of hydrogen-bond donors (Lipinski definition) is 0. The zero-order valence-corrected chi connectivity index (χ0v) is 11.0. The van der Waals surface area contributed by atoms with Crippen molar-refractivity contribution >= 4 is 5.97 Å². The van der Waals surface area contributed by atoms with Crippen molar-refractivity contribution in [3.63, 3.8) is 0 Å². The number of esters is 1. The van der Waals surface area contributed by atoms with E-state index in [-0.39, 0.29) is 11.9 Å². The van der Waals surface area contributed by atoms with E-state index in [0.29, 0.717) is 6.61 Å². The van der Waals surface area contributed by atoms with E-state index in [4.69, 9.17) is 4.74 Å². The molecule has 0 unspecified atom stereocenters. The van der Waals surface area contributed by atoms with Crippen LogP contribution < -0.4 is 0 Å². The van der Waals surface area contributed by atoms with Crippen LogP contribution in [0.4, 0.5) is 0 Å². The Bertz CT molecular complexity index is 249. The number of rotatable bonds is 3. The van der Waals surface area contributed by atoms with Crippen LogP contribution in [0.2, 0.25) is 0 Å². The fourth-order valence-corrected chi connectivity index (χ4v) is 3.24. The minimum absolute atomic E-state index is 0.0213. The molecule has 0 aromatic heterocycles. The monoisotopic (exact) mass is 239 g/mol. The molecule has 1 aliphatic heterocycles. The molecule has 2 aliphatic rings. The fraction of sp³-hybridized carbons (Fsp3) is 0.929. The van der Waals surface area contributed by atoms with E-state index in [1.807, 2.05) is 6.92 Å². The lowest BCUT2D eigenvalue weighted by molar-refractivity contribution is -0.150. The van der Waals surface area contributed by atoms with Gasteiger partial charge in [-0.05, 0) is 39.2 Å². The van der Waals surface area contributed by atoms with Crippen LogP contribution in [0.15, 0.2) is 0 Å². The van der Waals surface area contributed by atoms with Crippen LogP contribution in [0.25, 0.3) is 0 Å². The van der Waals surface area contributed by atoms with Gasteiger partial charge in [-0.15, -0.1) is 0 Å². The summed E-state index contributed by atoms with van der Waals surface area (Å²) in [7, 11) is 0. The molecule has 0 spiro atoms. The van der Waals surface area contributed by atoms with Crippen LogP contribution in [0.3, 0.4) is 0 Å². The number of likely N-dealkylation sites (tertiary alicyclic amines) is 1. The van der Waals surface area contributed by atoms with Crippen molar-refractivity contribution in [3.05, 3.63) is 0 Å². The standard InChI is InChI=1S/C14H25NO2/c1-2-17-14(16)12-7-6-10-15(11-12)13-8-4-3-5-9-13/h12-13H,2-11H2,1H3/t12-/m1/s1. The molecule has 0 aromatic carbocycles. The molecular weight excluding hydrogens is 214 g/mol. The quantitative estimate of drug-likeness (QED) is 0.709. The van der Waals surface area contributed by atoms with E-state index >= 15 is 0 Å². The molecule has 2 rings (SSSR count). The highest BCUT2D eigenvalue weighted by molar-refractivity contribution is 5.72. The molecule has 1 saturated heterocycles. The highest BCUT2D eigenvalue weighted by Gasteiger charge is 2.30. The minimum Gasteiger partial charge on any atom is -0.466 e. The van der Waals surface area contributed by atoms with Gasteiger partial charge in [-0.2, -0.15) is 0 Å². The maximum Gasteiger partial charge on any atom is 0.310 e. The minimum atomic E-state index is 0.0213. The molecule has 3 heteroatoms. The first-order chi connectivity index (χ1) is 8.31. The van der Waals surface area contributed by atoms with Gasteiger partial charge in [0.1, 0.15) is 0 Å². The Hall–Kier alpha value is -0.570. The first-order valence-corrected chi connectivity index (χ1v) is 7.22. The molecule has 98 valence electrons. The molecule has 17 heavy (non-hydrogen) atoms. The molecule has 3 nitrogen and oxygen atoms in total. The normalized spacial score (nSPS) is 27.9. The van der Waals surface area contributed by atoms with Crippen molar-refractivity contribution < 1.29 is 9.53 Å². The third-order valence-electron chi connectivity index (χ3n) is 4.16. The Morgan fingerprint density at radius 2 is 1.94 bits per heavy atom. The summed E-state index contributed by atoms with van der Waals surface area (Å²) >= 11 is 0. The zero-order chi connectivity index (χ0) is 12.1. The van der Waals surface area contributed by atoms with Crippen molar-refractivity contribution in [1.29, 1.82) is 0 Å². The third kappa shape index (κ3) is 3.44. The summed E-state index contributed by atoms with van der Waals surface area (Å²) in [5.41, 5.74) is 0. The molecule has 0 bridgehead atoms. The van der Waals surface area contributed by atoms with E-state index in [2.05, 4.69) is 4.90 Å². The van der Waals surface area contributed by atoms with Gasteiger partial charge in [-0.1, -0.05) is 19.3 Å². The average molecular weight is 239 g/mol.